The Hall–Kier alpha value is -1.57. The van der Waals surface area contributed by atoms with Gasteiger partial charge in [-0.2, -0.15) is 5.26 Å². The van der Waals surface area contributed by atoms with Crippen molar-refractivity contribution in [3.8, 4) is 6.07 Å². The predicted octanol–water partition coefficient (Wildman–Crippen LogP) is 3.84. The number of nitriles is 1. The van der Waals surface area contributed by atoms with E-state index in [4.69, 9.17) is 16.9 Å². The standard InChI is InChI=1S/C13H12ClN3S/c1-2-13-17-11(8-18-13)7-16-10-4-3-9(6-15)12(14)5-10/h3-5,8,16H,2,7H2,1H3. The molecule has 0 saturated heterocycles. The molecule has 5 heteroatoms. The fraction of sp³-hybridized carbons (Fsp3) is 0.231. The third-order valence-corrected chi connectivity index (χ3v) is 3.82. The summed E-state index contributed by atoms with van der Waals surface area (Å²) >= 11 is 7.64. The molecule has 3 nitrogen and oxygen atoms in total. The van der Waals surface area contributed by atoms with E-state index in [0.29, 0.717) is 17.1 Å². The molecule has 0 bridgehead atoms. The monoisotopic (exact) mass is 277 g/mol. The maximum Gasteiger partial charge on any atom is 0.101 e. The molecule has 92 valence electrons. The summed E-state index contributed by atoms with van der Waals surface area (Å²) in [4.78, 5) is 4.47. The summed E-state index contributed by atoms with van der Waals surface area (Å²) in [6, 6.07) is 7.35. The Kier molecular flexibility index (Phi) is 4.19. The predicted molar refractivity (Wildman–Crippen MR) is 75.0 cm³/mol. The molecule has 1 aromatic carbocycles. The van der Waals surface area contributed by atoms with Gasteiger partial charge >= 0.3 is 0 Å². The minimum Gasteiger partial charge on any atom is -0.379 e. The molecule has 0 aliphatic heterocycles. The number of nitrogens with one attached hydrogen (secondary N) is 1. The Morgan fingerprint density at radius 1 is 1.50 bits per heavy atom. The lowest BCUT2D eigenvalue weighted by Gasteiger charge is -2.05. The number of thiazole rings is 1. The average molecular weight is 278 g/mol. The van der Waals surface area contributed by atoms with Crippen LogP contribution >= 0.6 is 22.9 Å². The lowest BCUT2D eigenvalue weighted by molar-refractivity contribution is 1.01. The van der Waals surface area contributed by atoms with Crippen molar-refractivity contribution in [2.24, 2.45) is 0 Å². The first-order chi connectivity index (χ1) is 8.72. The highest BCUT2D eigenvalue weighted by Gasteiger charge is 2.03. The van der Waals surface area contributed by atoms with Crippen molar-refractivity contribution in [1.82, 2.24) is 4.98 Å². The number of nitrogens with zero attached hydrogens (tertiary/aromatic N) is 2. The van der Waals surface area contributed by atoms with Crippen molar-refractivity contribution >= 4 is 28.6 Å². The van der Waals surface area contributed by atoms with Crippen LogP contribution in [0.4, 0.5) is 5.69 Å². The van der Waals surface area contributed by atoms with Gasteiger partial charge in [-0.15, -0.1) is 11.3 Å². The molecule has 0 spiro atoms. The largest absolute Gasteiger partial charge is 0.379 e. The lowest BCUT2D eigenvalue weighted by atomic mass is 10.2. The van der Waals surface area contributed by atoms with Crippen LogP contribution in [0.2, 0.25) is 5.02 Å². The van der Waals surface area contributed by atoms with E-state index >= 15 is 0 Å². The molecule has 0 unspecified atom stereocenters. The third kappa shape index (κ3) is 3.00. The number of hydrogen-bond acceptors (Lipinski definition) is 4. The van der Waals surface area contributed by atoms with Gasteiger partial charge in [0.25, 0.3) is 0 Å². The van der Waals surface area contributed by atoms with Crippen molar-refractivity contribution in [1.29, 1.82) is 5.26 Å². The van der Waals surface area contributed by atoms with Gasteiger partial charge < -0.3 is 5.32 Å². The van der Waals surface area contributed by atoms with Gasteiger partial charge in [0.05, 0.1) is 27.8 Å². The first-order valence-corrected chi connectivity index (χ1v) is 6.85. The molecule has 18 heavy (non-hydrogen) atoms. The van der Waals surface area contributed by atoms with E-state index in [-0.39, 0.29) is 0 Å². The van der Waals surface area contributed by atoms with E-state index < -0.39 is 0 Å². The van der Waals surface area contributed by atoms with Crippen molar-refractivity contribution in [2.45, 2.75) is 19.9 Å². The first-order valence-electron chi connectivity index (χ1n) is 5.59. The topological polar surface area (TPSA) is 48.7 Å². The number of aryl methyl sites for hydroxylation is 1. The Balaban J connectivity index is 2.02. The third-order valence-electron chi connectivity index (χ3n) is 2.46. The summed E-state index contributed by atoms with van der Waals surface area (Å²) in [6.07, 6.45) is 0.966. The van der Waals surface area contributed by atoms with Gasteiger partial charge in [-0.1, -0.05) is 18.5 Å². The summed E-state index contributed by atoms with van der Waals surface area (Å²) < 4.78 is 0. The fourth-order valence-electron chi connectivity index (χ4n) is 1.50. The quantitative estimate of drug-likeness (QED) is 0.924. The van der Waals surface area contributed by atoms with Crippen LogP contribution in [0.3, 0.4) is 0 Å². The number of benzene rings is 1. The molecule has 0 saturated carbocycles. The summed E-state index contributed by atoms with van der Waals surface area (Å²) in [5.41, 5.74) is 2.41. The summed E-state index contributed by atoms with van der Waals surface area (Å²) in [5.74, 6) is 0. The number of hydrogen-bond donors (Lipinski definition) is 1. The van der Waals surface area contributed by atoms with Crippen LogP contribution in [-0.4, -0.2) is 4.98 Å². The van der Waals surface area contributed by atoms with Gasteiger partial charge in [-0.3, -0.25) is 0 Å². The maximum absolute atomic E-state index is 8.78. The van der Waals surface area contributed by atoms with E-state index in [0.717, 1.165) is 22.8 Å². The van der Waals surface area contributed by atoms with Gasteiger partial charge in [0.1, 0.15) is 6.07 Å². The highest BCUT2D eigenvalue weighted by Crippen LogP contribution is 2.21. The van der Waals surface area contributed by atoms with Crippen molar-refractivity contribution in [3.05, 3.63) is 44.9 Å². The summed E-state index contributed by atoms with van der Waals surface area (Å²) in [7, 11) is 0. The Labute approximate surface area is 115 Å². The molecule has 0 aliphatic carbocycles. The van der Waals surface area contributed by atoms with Crippen LogP contribution in [0.5, 0.6) is 0 Å². The van der Waals surface area contributed by atoms with Crippen LogP contribution in [0.1, 0.15) is 23.2 Å². The number of rotatable bonds is 4. The Morgan fingerprint density at radius 3 is 2.94 bits per heavy atom. The maximum atomic E-state index is 8.78. The van der Waals surface area contributed by atoms with E-state index in [1.54, 1.807) is 23.5 Å². The van der Waals surface area contributed by atoms with Crippen LogP contribution < -0.4 is 5.32 Å². The second-order valence-electron chi connectivity index (χ2n) is 3.75. The van der Waals surface area contributed by atoms with Crippen molar-refractivity contribution in [2.75, 3.05) is 5.32 Å². The smallest absolute Gasteiger partial charge is 0.101 e. The minimum atomic E-state index is 0.468. The van der Waals surface area contributed by atoms with Crippen molar-refractivity contribution < 1.29 is 0 Å². The average Bonchev–Trinajstić information content (AvgIpc) is 2.84. The zero-order chi connectivity index (χ0) is 13.0. The zero-order valence-electron chi connectivity index (χ0n) is 9.90. The lowest BCUT2D eigenvalue weighted by Crippen LogP contribution is -2.00. The molecule has 0 aliphatic rings. The van der Waals surface area contributed by atoms with Crippen LogP contribution in [0, 0.1) is 11.3 Å². The molecule has 0 atom stereocenters. The summed E-state index contributed by atoms with van der Waals surface area (Å²) in [6.45, 7) is 2.76. The van der Waals surface area contributed by atoms with E-state index in [1.165, 1.54) is 0 Å². The normalized spacial score (nSPS) is 10.1. The number of aromatic nitrogens is 1. The zero-order valence-corrected chi connectivity index (χ0v) is 11.5. The van der Waals surface area contributed by atoms with Gasteiger partial charge in [0, 0.05) is 11.1 Å². The molecule has 1 aromatic heterocycles. The second kappa shape index (κ2) is 5.85. The molecular formula is C13H12ClN3S. The van der Waals surface area contributed by atoms with Gasteiger partial charge in [0.15, 0.2) is 0 Å². The van der Waals surface area contributed by atoms with Crippen LogP contribution in [-0.2, 0) is 13.0 Å². The molecule has 1 N–H and O–H groups in total. The summed E-state index contributed by atoms with van der Waals surface area (Å²) in [5, 5.41) is 15.7. The Morgan fingerprint density at radius 2 is 2.33 bits per heavy atom. The highest BCUT2D eigenvalue weighted by molar-refractivity contribution is 7.09. The fourth-order valence-corrected chi connectivity index (χ4v) is 2.47. The minimum absolute atomic E-state index is 0.468. The van der Waals surface area contributed by atoms with Crippen molar-refractivity contribution in [3.63, 3.8) is 0 Å². The molecule has 0 radical (unpaired) electrons. The van der Waals surface area contributed by atoms with Gasteiger partial charge in [-0.25, -0.2) is 4.98 Å². The van der Waals surface area contributed by atoms with E-state index in [2.05, 4.69) is 22.6 Å². The van der Waals surface area contributed by atoms with Gasteiger partial charge in [0.2, 0.25) is 0 Å². The SMILES string of the molecule is CCc1nc(CNc2ccc(C#N)c(Cl)c2)cs1. The number of halogens is 1. The number of anilines is 1. The molecular weight excluding hydrogens is 266 g/mol. The highest BCUT2D eigenvalue weighted by atomic mass is 35.5. The van der Waals surface area contributed by atoms with Gasteiger partial charge in [-0.05, 0) is 24.6 Å². The second-order valence-corrected chi connectivity index (χ2v) is 5.10. The van der Waals surface area contributed by atoms with Crippen LogP contribution in [0.25, 0.3) is 0 Å². The van der Waals surface area contributed by atoms with E-state index in [1.807, 2.05) is 12.1 Å². The van der Waals surface area contributed by atoms with E-state index in [9.17, 15) is 0 Å². The first kappa shape index (κ1) is 12.9. The molecule has 1 heterocycles. The van der Waals surface area contributed by atoms with Crippen LogP contribution in [0.15, 0.2) is 23.6 Å². The molecule has 2 rings (SSSR count). The molecule has 0 fully saturated rings. The molecule has 2 aromatic rings. The molecule has 0 amide bonds. The Bertz CT molecular complexity index is 586.